The summed E-state index contributed by atoms with van der Waals surface area (Å²) >= 11 is 0. The maximum atomic E-state index is 12.3. The van der Waals surface area contributed by atoms with Crippen LogP contribution in [0.5, 0.6) is 5.75 Å². The third-order valence-electron chi connectivity index (χ3n) is 4.89. The predicted molar refractivity (Wildman–Crippen MR) is 121 cm³/mol. The predicted octanol–water partition coefficient (Wildman–Crippen LogP) is 3.27. The lowest BCUT2D eigenvalue weighted by Gasteiger charge is -2.18. The first-order chi connectivity index (χ1) is 14.4. The molecule has 0 spiro atoms. The Balaban J connectivity index is 2.44. The van der Waals surface area contributed by atoms with Gasteiger partial charge in [-0.1, -0.05) is 24.8 Å². The summed E-state index contributed by atoms with van der Waals surface area (Å²) in [5.74, 6) is 0.603. The molecule has 0 saturated heterocycles. The third kappa shape index (κ3) is 5.59. The fourth-order valence-corrected chi connectivity index (χ4v) is 2.81. The lowest BCUT2D eigenvalue weighted by molar-refractivity contribution is -0.120. The number of likely N-dealkylation sites (N-methyl/N-ethyl adjacent to an activating group) is 1. The number of ether oxygens (including phenoxy) is 1. The molecule has 7 heteroatoms. The van der Waals surface area contributed by atoms with Crippen LogP contribution < -0.4 is 20.7 Å². The summed E-state index contributed by atoms with van der Waals surface area (Å²) in [5.41, 5.74) is 3.26. The molecule has 160 valence electrons. The smallest absolute Gasteiger partial charge is 0.252 e. The summed E-state index contributed by atoms with van der Waals surface area (Å²) in [6.45, 7) is 7.86. The van der Waals surface area contributed by atoms with Crippen molar-refractivity contribution in [3.05, 3.63) is 53.8 Å². The Morgan fingerprint density at radius 3 is 2.53 bits per heavy atom. The molecule has 1 saturated carbocycles. The van der Waals surface area contributed by atoms with Gasteiger partial charge in [0.15, 0.2) is 0 Å². The van der Waals surface area contributed by atoms with Gasteiger partial charge in [0.05, 0.1) is 24.1 Å². The van der Waals surface area contributed by atoms with Crippen LogP contribution in [0.15, 0.2) is 53.2 Å². The zero-order chi connectivity index (χ0) is 22.3. The number of carbonyl (C=O) groups excluding carboxylic acids is 2. The minimum Gasteiger partial charge on any atom is -0.494 e. The van der Waals surface area contributed by atoms with E-state index in [1.807, 2.05) is 38.1 Å². The van der Waals surface area contributed by atoms with Gasteiger partial charge in [-0.3, -0.25) is 14.6 Å². The molecule has 7 nitrogen and oxygen atoms in total. The van der Waals surface area contributed by atoms with Crippen molar-refractivity contribution < 1.29 is 14.3 Å². The standard InChI is InChI=1S/C23H30N4O3/c1-7-14(2)17-9-8-10-18(21(17)30-6)26-19(15(3)22(28)25-5)13-20(24-4)27-23(29)16-11-12-16/h7-10,13,16,26H,3,11-12H2,1-2,4-6H3,(H,25,28)(H,24,27,29)/b14-7+,19-13+. The molecule has 0 radical (unpaired) electrons. The molecule has 0 heterocycles. The molecule has 0 aliphatic heterocycles. The second-order valence-electron chi connectivity index (χ2n) is 6.97. The number of amidine groups is 1. The topological polar surface area (TPSA) is 91.8 Å². The maximum absolute atomic E-state index is 12.3. The Hall–Kier alpha value is -3.35. The summed E-state index contributed by atoms with van der Waals surface area (Å²) < 4.78 is 5.64. The van der Waals surface area contributed by atoms with E-state index in [2.05, 4.69) is 27.5 Å². The average Bonchev–Trinajstić information content (AvgIpc) is 3.61. The summed E-state index contributed by atoms with van der Waals surface area (Å²) in [6, 6.07) is 5.71. The van der Waals surface area contributed by atoms with E-state index in [9.17, 15) is 9.59 Å². The Morgan fingerprint density at radius 1 is 1.30 bits per heavy atom. The van der Waals surface area contributed by atoms with Crippen LogP contribution in [-0.4, -0.2) is 38.9 Å². The molecular formula is C23H30N4O3. The van der Waals surface area contributed by atoms with Gasteiger partial charge in [-0.25, -0.2) is 0 Å². The first-order valence-corrected chi connectivity index (χ1v) is 9.84. The lowest BCUT2D eigenvalue weighted by Crippen LogP contribution is -2.31. The number of nitrogens with zero attached hydrogens (tertiary/aromatic N) is 1. The number of aliphatic imine (C=N–C) groups is 1. The molecule has 2 amide bonds. The Kier molecular flexibility index (Phi) is 7.98. The Morgan fingerprint density at radius 2 is 2.00 bits per heavy atom. The molecule has 2 rings (SSSR count). The highest BCUT2D eigenvalue weighted by Gasteiger charge is 2.30. The van der Waals surface area contributed by atoms with Crippen molar-refractivity contribution >= 4 is 28.9 Å². The van der Waals surface area contributed by atoms with E-state index in [1.165, 1.54) is 7.05 Å². The van der Waals surface area contributed by atoms with Crippen LogP contribution in [-0.2, 0) is 9.59 Å². The zero-order valence-electron chi connectivity index (χ0n) is 18.3. The van der Waals surface area contributed by atoms with Crippen molar-refractivity contribution in [3.63, 3.8) is 0 Å². The van der Waals surface area contributed by atoms with Gasteiger partial charge in [0.25, 0.3) is 5.91 Å². The van der Waals surface area contributed by atoms with Crippen LogP contribution in [0.3, 0.4) is 0 Å². The van der Waals surface area contributed by atoms with E-state index < -0.39 is 0 Å². The first kappa shape index (κ1) is 22.9. The van der Waals surface area contributed by atoms with Crippen molar-refractivity contribution in [1.82, 2.24) is 10.6 Å². The van der Waals surface area contributed by atoms with Gasteiger partial charge >= 0.3 is 0 Å². The number of para-hydroxylation sites is 1. The van der Waals surface area contributed by atoms with E-state index in [0.29, 0.717) is 23.0 Å². The molecule has 0 bridgehead atoms. The quantitative estimate of drug-likeness (QED) is 0.265. The molecule has 1 aliphatic rings. The van der Waals surface area contributed by atoms with E-state index in [1.54, 1.807) is 20.2 Å². The Bertz CT molecular complexity index is 924. The summed E-state index contributed by atoms with van der Waals surface area (Å²) in [6.07, 6.45) is 5.37. The van der Waals surface area contributed by atoms with Gasteiger partial charge in [0, 0.05) is 31.7 Å². The number of hydrogen-bond acceptors (Lipinski definition) is 5. The van der Waals surface area contributed by atoms with E-state index in [4.69, 9.17) is 4.74 Å². The number of amides is 2. The van der Waals surface area contributed by atoms with E-state index >= 15 is 0 Å². The van der Waals surface area contributed by atoms with Crippen LogP contribution in [0.1, 0.15) is 32.3 Å². The van der Waals surface area contributed by atoms with Gasteiger partial charge in [0.1, 0.15) is 11.6 Å². The normalized spacial score (nSPS) is 14.8. The van der Waals surface area contributed by atoms with Crippen LogP contribution in [0.2, 0.25) is 0 Å². The van der Waals surface area contributed by atoms with Crippen LogP contribution >= 0.6 is 0 Å². The lowest BCUT2D eigenvalue weighted by atomic mass is 10.0. The van der Waals surface area contributed by atoms with E-state index in [0.717, 1.165) is 24.0 Å². The number of benzene rings is 1. The van der Waals surface area contributed by atoms with Gasteiger partial charge in [0.2, 0.25) is 5.91 Å². The van der Waals surface area contributed by atoms with E-state index in [-0.39, 0.29) is 23.3 Å². The molecule has 1 aromatic rings. The van der Waals surface area contributed by atoms with Crippen molar-refractivity contribution in [3.8, 4) is 5.75 Å². The molecular weight excluding hydrogens is 380 g/mol. The summed E-state index contributed by atoms with van der Waals surface area (Å²) in [4.78, 5) is 28.6. The molecule has 0 atom stereocenters. The first-order valence-electron chi connectivity index (χ1n) is 9.84. The zero-order valence-corrected chi connectivity index (χ0v) is 18.3. The second kappa shape index (κ2) is 10.4. The van der Waals surface area contributed by atoms with Crippen LogP contribution in [0.25, 0.3) is 5.57 Å². The molecule has 3 N–H and O–H groups in total. The number of allylic oxidation sites excluding steroid dienone is 2. The number of methoxy groups -OCH3 is 1. The number of anilines is 1. The van der Waals surface area contributed by atoms with Crippen molar-refractivity contribution in [1.29, 1.82) is 0 Å². The highest BCUT2D eigenvalue weighted by atomic mass is 16.5. The fraction of sp³-hybridized carbons (Fsp3) is 0.348. The SMILES string of the molecule is C=C(C(=O)NC)/C(=C\C(=NC)NC(=O)C1CC1)Nc1cccc(/C(C)=C/C)c1OC. The minimum absolute atomic E-state index is 0.0364. The molecule has 0 unspecified atom stereocenters. The number of carbonyl (C=O) groups is 2. The third-order valence-corrected chi connectivity index (χ3v) is 4.89. The number of nitrogens with one attached hydrogen (secondary N) is 3. The average molecular weight is 411 g/mol. The highest BCUT2D eigenvalue weighted by Crippen LogP contribution is 2.34. The van der Waals surface area contributed by atoms with Gasteiger partial charge < -0.3 is 20.7 Å². The molecule has 1 fully saturated rings. The number of rotatable bonds is 8. The largest absolute Gasteiger partial charge is 0.494 e. The maximum Gasteiger partial charge on any atom is 0.252 e. The monoisotopic (exact) mass is 410 g/mol. The number of hydrogen-bond donors (Lipinski definition) is 3. The van der Waals surface area contributed by atoms with Gasteiger partial charge in [-0.05, 0) is 38.3 Å². The molecule has 0 aromatic heterocycles. The summed E-state index contributed by atoms with van der Waals surface area (Å²) in [7, 11) is 4.71. The van der Waals surface area contributed by atoms with Crippen LogP contribution in [0, 0.1) is 5.92 Å². The fourth-order valence-electron chi connectivity index (χ4n) is 2.81. The minimum atomic E-state index is -0.350. The Labute approximate surface area is 178 Å². The highest BCUT2D eigenvalue weighted by molar-refractivity contribution is 6.08. The van der Waals surface area contributed by atoms with Crippen LogP contribution in [0.4, 0.5) is 5.69 Å². The second-order valence-corrected chi connectivity index (χ2v) is 6.97. The van der Waals surface area contributed by atoms with Gasteiger partial charge in [-0.15, -0.1) is 0 Å². The van der Waals surface area contributed by atoms with Crippen molar-refractivity contribution in [2.45, 2.75) is 26.7 Å². The molecule has 30 heavy (non-hydrogen) atoms. The van der Waals surface area contributed by atoms with Crippen molar-refractivity contribution in [2.24, 2.45) is 10.9 Å². The summed E-state index contributed by atoms with van der Waals surface area (Å²) in [5, 5.41) is 8.61. The van der Waals surface area contributed by atoms with Gasteiger partial charge in [-0.2, -0.15) is 0 Å². The molecule has 1 aliphatic carbocycles. The molecule has 1 aromatic carbocycles. The van der Waals surface area contributed by atoms with Crippen molar-refractivity contribution in [2.75, 3.05) is 26.5 Å².